The van der Waals surface area contributed by atoms with E-state index in [1.807, 2.05) is 12.1 Å². The lowest BCUT2D eigenvalue weighted by Gasteiger charge is -2.26. The van der Waals surface area contributed by atoms with Crippen molar-refractivity contribution in [1.29, 1.82) is 0 Å². The lowest BCUT2D eigenvalue weighted by Crippen LogP contribution is -2.32. The van der Waals surface area contributed by atoms with E-state index in [2.05, 4.69) is 15.0 Å². The Morgan fingerprint density at radius 3 is 2.43 bits per heavy atom. The number of alkyl halides is 3. The summed E-state index contributed by atoms with van der Waals surface area (Å²) in [5, 5.41) is 3.94. The molecule has 5 nitrogen and oxygen atoms in total. The minimum absolute atomic E-state index is 0.285. The molecule has 0 N–H and O–H groups in total. The molecule has 0 aliphatic heterocycles. The van der Waals surface area contributed by atoms with Crippen molar-refractivity contribution in [3.05, 3.63) is 59.9 Å². The van der Waals surface area contributed by atoms with Crippen LogP contribution in [-0.4, -0.2) is 21.1 Å². The summed E-state index contributed by atoms with van der Waals surface area (Å²) in [4.78, 5) is 6.64. The third-order valence-electron chi connectivity index (χ3n) is 5.06. The molecule has 1 aliphatic carbocycles. The summed E-state index contributed by atoms with van der Waals surface area (Å²) < 4.78 is 49.0. The molecule has 0 amide bonds. The second-order valence-corrected chi connectivity index (χ2v) is 7.01. The summed E-state index contributed by atoms with van der Waals surface area (Å²) >= 11 is 0. The molecule has 8 heteroatoms. The van der Waals surface area contributed by atoms with Crippen molar-refractivity contribution in [2.75, 3.05) is 0 Å². The molecule has 1 aliphatic rings. The van der Waals surface area contributed by atoms with E-state index < -0.39 is 11.7 Å². The Balaban J connectivity index is 1.49. The number of rotatable bonds is 6. The molecule has 2 aromatic heterocycles. The molecule has 0 saturated heterocycles. The first-order valence-corrected chi connectivity index (χ1v) is 9.26. The second kappa shape index (κ2) is 7.79. The van der Waals surface area contributed by atoms with E-state index in [1.165, 1.54) is 25.0 Å². The zero-order chi connectivity index (χ0) is 19.6. The van der Waals surface area contributed by atoms with Crippen LogP contribution in [0.2, 0.25) is 0 Å². The molecule has 0 unspecified atom stereocenters. The first-order valence-electron chi connectivity index (χ1n) is 9.26. The molecule has 148 valence electrons. The van der Waals surface area contributed by atoms with Crippen molar-refractivity contribution in [3.63, 3.8) is 0 Å². The number of hydrogen-bond acceptors (Lipinski definition) is 5. The fourth-order valence-electron chi connectivity index (χ4n) is 3.60. The zero-order valence-electron chi connectivity index (χ0n) is 15.2. The van der Waals surface area contributed by atoms with Crippen LogP contribution in [0.3, 0.4) is 0 Å². The monoisotopic (exact) mass is 391 g/mol. The molecule has 0 atom stereocenters. The van der Waals surface area contributed by atoms with Crippen molar-refractivity contribution < 1.29 is 22.1 Å². The molecule has 0 bridgehead atoms. The smallest absolute Gasteiger partial charge is 0.416 e. The highest BCUT2D eigenvalue weighted by Gasteiger charge is 2.30. The molecule has 0 radical (unpaired) electrons. The first kappa shape index (κ1) is 18.7. The standard InChI is InChI=1S/C20H20F3N3O2/c21-20(22,23)15-9-7-14(8-10-15)19-24-18(28-25-19)13-26(16-4-1-2-5-16)12-17-6-3-11-27-17/h3,6-11,16H,1-2,4-5,12-13H2. The van der Waals surface area contributed by atoms with Gasteiger partial charge < -0.3 is 8.94 Å². The van der Waals surface area contributed by atoms with Crippen molar-refractivity contribution >= 4 is 0 Å². The number of aromatic nitrogens is 2. The van der Waals surface area contributed by atoms with E-state index >= 15 is 0 Å². The van der Waals surface area contributed by atoms with Gasteiger partial charge in [0.25, 0.3) is 0 Å². The number of halogens is 3. The molecule has 1 fully saturated rings. The van der Waals surface area contributed by atoms with Crippen LogP contribution in [0.25, 0.3) is 11.4 Å². The molecule has 4 rings (SSSR count). The van der Waals surface area contributed by atoms with Gasteiger partial charge in [-0.3, -0.25) is 4.90 Å². The van der Waals surface area contributed by atoms with Crippen molar-refractivity contribution in [1.82, 2.24) is 15.0 Å². The lowest BCUT2D eigenvalue weighted by molar-refractivity contribution is -0.137. The van der Waals surface area contributed by atoms with Gasteiger partial charge in [0, 0.05) is 11.6 Å². The molecule has 0 spiro atoms. The first-order chi connectivity index (χ1) is 13.5. The van der Waals surface area contributed by atoms with E-state index in [1.54, 1.807) is 6.26 Å². The summed E-state index contributed by atoms with van der Waals surface area (Å²) in [7, 11) is 0. The Morgan fingerprint density at radius 1 is 1.04 bits per heavy atom. The van der Waals surface area contributed by atoms with Crippen molar-refractivity contribution in [3.8, 4) is 11.4 Å². The fraction of sp³-hybridized carbons (Fsp3) is 0.400. The average molecular weight is 391 g/mol. The van der Waals surface area contributed by atoms with Crippen molar-refractivity contribution in [2.45, 2.75) is 51.0 Å². The van der Waals surface area contributed by atoms with Gasteiger partial charge in [-0.05, 0) is 37.1 Å². The van der Waals surface area contributed by atoms with Gasteiger partial charge in [-0.25, -0.2) is 0 Å². The maximum Gasteiger partial charge on any atom is 0.416 e. The van der Waals surface area contributed by atoms with Crippen molar-refractivity contribution in [2.24, 2.45) is 0 Å². The fourth-order valence-corrected chi connectivity index (χ4v) is 3.60. The van der Waals surface area contributed by atoms with E-state index in [9.17, 15) is 13.2 Å². The molecular formula is C20H20F3N3O2. The molecular weight excluding hydrogens is 371 g/mol. The molecule has 3 aromatic rings. The van der Waals surface area contributed by atoms with Gasteiger partial charge in [0.05, 0.1) is 24.9 Å². The van der Waals surface area contributed by atoms with Crippen LogP contribution in [0.15, 0.2) is 51.6 Å². The highest BCUT2D eigenvalue weighted by Crippen LogP contribution is 2.31. The Kier molecular flexibility index (Phi) is 5.21. The van der Waals surface area contributed by atoms with Crippen LogP contribution in [0, 0.1) is 0 Å². The predicted octanol–water partition coefficient (Wildman–Crippen LogP) is 5.29. The van der Waals surface area contributed by atoms with E-state index in [4.69, 9.17) is 8.94 Å². The minimum atomic E-state index is -4.37. The van der Waals surface area contributed by atoms with Crippen LogP contribution in [0.4, 0.5) is 13.2 Å². The third-order valence-corrected chi connectivity index (χ3v) is 5.06. The van der Waals surface area contributed by atoms with Gasteiger partial charge in [-0.1, -0.05) is 30.1 Å². The van der Waals surface area contributed by atoms with Crippen LogP contribution >= 0.6 is 0 Å². The van der Waals surface area contributed by atoms with Crippen LogP contribution in [0.5, 0.6) is 0 Å². The van der Waals surface area contributed by atoms with Gasteiger partial charge in [0.1, 0.15) is 5.76 Å². The normalized spacial score (nSPS) is 15.6. The minimum Gasteiger partial charge on any atom is -0.468 e. The Labute approximate surface area is 160 Å². The molecule has 2 heterocycles. The van der Waals surface area contributed by atoms with Gasteiger partial charge in [-0.15, -0.1) is 0 Å². The average Bonchev–Trinajstić information content (AvgIpc) is 3.43. The summed E-state index contributed by atoms with van der Waals surface area (Å²) in [6.45, 7) is 1.12. The SMILES string of the molecule is FC(F)(F)c1ccc(-c2noc(CN(Cc3ccco3)C3CCCC3)n2)cc1. The van der Waals surface area contributed by atoms with Gasteiger partial charge in [0.15, 0.2) is 0 Å². The summed E-state index contributed by atoms with van der Waals surface area (Å²) in [5.41, 5.74) is -0.215. The zero-order valence-corrected chi connectivity index (χ0v) is 15.2. The summed E-state index contributed by atoms with van der Waals surface area (Å²) in [6.07, 6.45) is 1.90. The summed E-state index contributed by atoms with van der Waals surface area (Å²) in [6, 6.07) is 8.97. The van der Waals surface area contributed by atoms with Crippen LogP contribution in [0.1, 0.15) is 42.9 Å². The van der Waals surface area contributed by atoms with E-state index in [-0.39, 0.29) is 5.82 Å². The molecule has 1 aromatic carbocycles. The number of benzene rings is 1. The van der Waals surface area contributed by atoms with E-state index in [0.29, 0.717) is 30.6 Å². The largest absolute Gasteiger partial charge is 0.468 e. The summed E-state index contributed by atoms with van der Waals surface area (Å²) in [5.74, 6) is 1.59. The quantitative estimate of drug-likeness (QED) is 0.571. The number of nitrogens with zero attached hydrogens (tertiary/aromatic N) is 3. The Morgan fingerprint density at radius 2 is 1.79 bits per heavy atom. The van der Waals surface area contributed by atoms with Crippen LogP contribution in [-0.2, 0) is 19.3 Å². The molecule has 28 heavy (non-hydrogen) atoms. The number of hydrogen-bond donors (Lipinski definition) is 0. The Bertz CT molecular complexity index is 882. The van der Waals surface area contributed by atoms with E-state index in [0.717, 1.165) is 30.7 Å². The topological polar surface area (TPSA) is 55.3 Å². The Hall–Kier alpha value is -2.61. The highest BCUT2D eigenvalue weighted by molar-refractivity contribution is 5.54. The predicted molar refractivity (Wildman–Crippen MR) is 94.9 cm³/mol. The molecule has 1 saturated carbocycles. The lowest BCUT2D eigenvalue weighted by atomic mass is 10.1. The number of furan rings is 1. The maximum absolute atomic E-state index is 12.7. The maximum atomic E-state index is 12.7. The van der Waals surface area contributed by atoms with Gasteiger partial charge >= 0.3 is 6.18 Å². The third kappa shape index (κ3) is 4.27. The van der Waals surface area contributed by atoms with Gasteiger partial charge in [0.2, 0.25) is 11.7 Å². The van der Waals surface area contributed by atoms with Crippen LogP contribution < -0.4 is 0 Å². The van der Waals surface area contributed by atoms with Gasteiger partial charge in [-0.2, -0.15) is 18.2 Å². The second-order valence-electron chi connectivity index (χ2n) is 7.01. The highest BCUT2D eigenvalue weighted by atomic mass is 19.4.